The molecule has 0 saturated heterocycles. The molecule has 0 aliphatic carbocycles. The van der Waals surface area contributed by atoms with Gasteiger partial charge in [-0.25, -0.2) is 4.98 Å². The molecule has 1 N–H and O–H groups in total. The molecule has 3 aromatic rings. The summed E-state index contributed by atoms with van der Waals surface area (Å²) in [6.45, 7) is 1.31. The van der Waals surface area contributed by atoms with Crippen molar-refractivity contribution in [3.63, 3.8) is 0 Å². The van der Waals surface area contributed by atoms with E-state index in [9.17, 15) is 9.59 Å². The second kappa shape index (κ2) is 6.95. The van der Waals surface area contributed by atoms with Crippen LogP contribution in [0.25, 0.3) is 11.1 Å². The van der Waals surface area contributed by atoms with Crippen LogP contribution in [0, 0.1) is 6.92 Å². The van der Waals surface area contributed by atoms with Crippen LogP contribution in [0.15, 0.2) is 39.3 Å². The Labute approximate surface area is 136 Å². The third-order valence-electron chi connectivity index (χ3n) is 3.14. The fourth-order valence-electron chi connectivity index (χ4n) is 2.06. The van der Waals surface area contributed by atoms with E-state index in [0.29, 0.717) is 23.7 Å². The van der Waals surface area contributed by atoms with Gasteiger partial charge in [-0.1, -0.05) is 17.3 Å². The minimum atomic E-state index is -0.510. The number of aryl methyl sites for hydroxylation is 2. The monoisotopic (exact) mass is 329 g/mol. The zero-order chi connectivity index (χ0) is 16.9. The second-order valence-corrected chi connectivity index (χ2v) is 5.11. The lowest BCUT2D eigenvalue weighted by Crippen LogP contribution is -2.21. The van der Waals surface area contributed by atoms with Gasteiger partial charge in [-0.15, -0.1) is 0 Å². The summed E-state index contributed by atoms with van der Waals surface area (Å²) in [5.41, 5.74) is 1.41. The molecule has 124 valence electrons. The summed E-state index contributed by atoms with van der Waals surface area (Å²) < 4.78 is 15.2. The Kier molecular flexibility index (Phi) is 4.55. The standard InChI is InChI=1S/C16H15N3O5/c1-10-8-13(19-24-10)18-14(20)9-22-16(21)7-6-15-17-11-4-2-3-5-12(11)23-15/h2-5,8H,6-7,9H2,1H3,(H,18,19,20). The van der Waals surface area contributed by atoms with E-state index in [1.165, 1.54) is 0 Å². The van der Waals surface area contributed by atoms with Crippen molar-refractivity contribution in [1.82, 2.24) is 10.1 Å². The van der Waals surface area contributed by atoms with Gasteiger partial charge in [0, 0.05) is 12.5 Å². The molecule has 0 bridgehead atoms. The zero-order valence-electron chi connectivity index (χ0n) is 12.9. The Morgan fingerprint density at radius 2 is 2.12 bits per heavy atom. The van der Waals surface area contributed by atoms with E-state index in [0.717, 1.165) is 5.52 Å². The predicted octanol–water partition coefficient (Wildman–Crippen LogP) is 2.24. The SMILES string of the molecule is Cc1cc(NC(=O)COC(=O)CCc2nc3ccccc3o2)no1. The molecule has 0 saturated carbocycles. The van der Waals surface area contributed by atoms with E-state index < -0.39 is 18.5 Å². The molecule has 8 nitrogen and oxygen atoms in total. The van der Waals surface area contributed by atoms with E-state index in [1.807, 2.05) is 18.2 Å². The molecule has 0 unspecified atom stereocenters. The van der Waals surface area contributed by atoms with E-state index in [-0.39, 0.29) is 12.2 Å². The van der Waals surface area contributed by atoms with Gasteiger partial charge >= 0.3 is 5.97 Å². The van der Waals surface area contributed by atoms with Crippen LogP contribution in [-0.4, -0.2) is 28.6 Å². The molecule has 24 heavy (non-hydrogen) atoms. The third-order valence-corrected chi connectivity index (χ3v) is 3.14. The summed E-state index contributed by atoms with van der Waals surface area (Å²) in [7, 11) is 0. The van der Waals surface area contributed by atoms with Gasteiger partial charge in [-0.05, 0) is 19.1 Å². The molecule has 0 aliphatic rings. The van der Waals surface area contributed by atoms with Gasteiger partial charge in [0.15, 0.2) is 23.9 Å². The summed E-state index contributed by atoms with van der Waals surface area (Å²) in [6.07, 6.45) is 0.376. The highest BCUT2D eigenvalue weighted by molar-refractivity contribution is 5.91. The number of nitrogens with zero attached hydrogens (tertiary/aromatic N) is 2. The van der Waals surface area contributed by atoms with Gasteiger partial charge in [0.1, 0.15) is 11.3 Å². The maximum atomic E-state index is 11.7. The first-order valence-electron chi connectivity index (χ1n) is 7.33. The quantitative estimate of drug-likeness (QED) is 0.691. The molecule has 1 amide bonds. The molecule has 2 aromatic heterocycles. The Balaban J connectivity index is 1.43. The van der Waals surface area contributed by atoms with Crippen LogP contribution in [0.4, 0.5) is 5.82 Å². The van der Waals surface area contributed by atoms with Gasteiger partial charge < -0.3 is 19.0 Å². The lowest BCUT2D eigenvalue weighted by molar-refractivity contribution is -0.147. The molecule has 2 heterocycles. The lowest BCUT2D eigenvalue weighted by Gasteiger charge is -2.03. The van der Waals surface area contributed by atoms with Crippen LogP contribution in [0.2, 0.25) is 0 Å². The van der Waals surface area contributed by atoms with Crippen molar-refractivity contribution in [3.8, 4) is 0 Å². The lowest BCUT2D eigenvalue weighted by atomic mass is 10.3. The number of benzene rings is 1. The smallest absolute Gasteiger partial charge is 0.306 e. The van der Waals surface area contributed by atoms with Gasteiger partial charge in [-0.2, -0.15) is 0 Å². The van der Waals surface area contributed by atoms with Crippen molar-refractivity contribution in [1.29, 1.82) is 0 Å². The predicted molar refractivity (Wildman–Crippen MR) is 83.2 cm³/mol. The summed E-state index contributed by atoms with van der Waals surface area (Å²) in [6, 6.07) is 8.90. The number of hydrogen-bond donors (Lipinski definition) is 1. The van der Waals surface area contributed by atoms with E-state index in [4.69, 9.17) is 13.7 Å². The van der Waals surface area contributed by atoms with E-state index in [2.05, 4.69) is 15.5 Å². The number of ether oxygens (including phenoxy) is 1. The number of carbonyl (C=O) groups excluding carboxylic acids is 2. The van der Waals surface area contributed by atoms with Gasteiger partial charge in [0.2, 0.25) is 0 Å². The average Bonchev–Trinajstić information content (AvgIpc) is 3.16. The van der Waals surface area contributed by atoms with Crippen molar-refractivity contribution < 1.29 is 23.3 Å². The molecular formula is C16H15N3O5. The number of oxazole rings is 1. The van der Waals surface area contributed by atoms with Crippen LogP contribution in [0.5, 0.6) is 0 Å². The zero-order valence-corrected chi connectivity index (χ0v) is 12.9. The highest BCUT2D eigenvalue weighted by Crippen LogP contribution is 2.15. The average molecular weight is 329 g/mol. The number of carbonyl (C=O) groups is 2. The van der Waals surface area contributed by atoms with E-state index in [1.54, 1.807) is 19.1 Å². The van der Waals surface area contributed by atoms with Crippen molar-refractivity contribution in [2.75, 3.05) is 11.9 Å². The molecule has 0 fully saturated rings. The molecule has 0 radical (unpaired) electrons. The normalized spacial score (nSPS) is 10.7. The fourth-order valence-corrected chi connectivity index (χ4v) is 2.06. The van der Waals surface area contributed by atoms with Crippen molar-refractivity contribution in [3.05, 3.63) is 42.0 Å². The van der Waals surface area contributed by atoms with Gasteiger partial charge in [-0.3, -0.25) is 9.59 Å². The number of amides is 1. The Morgan fingerprint density at radius 3 is 2.88 bits per heavy atom. The first kappa shape index (κ1) is 15.7. The van der Waals surface area contributed by atoms with Crippen LogP contribution in [-0.2, 0) is 20.7 Å². The minimum absolute atomic E-state index is 0.0726. The molecule has 0 spiro atoms. The largest absolute Gasteiger partial charge is 0.456 e. The molecule has 3 rings (SSSR count). The van der Waals surface area contributed by atoms with Gasteiger partial charge in [0.05, 0.1) is 6.42 Å². The summed E-state index contributed by atoms with van der Waals surface area (Å²) in [5.74, 6) is 0.304. The molecule has 0 aliphatic heterocycles. The highest BCUT2D eigenvalue weighted by atomic mass is 16.5. The number of para-hydroxylation sites is 2. The maximum absolute atomic E-state index is 11.7. The molecule has 1 aromatic carbocycles. The van der Waals surface area contributed by atoms with Crippen LogP contribution < -0.4 is 5.32 Å². The summed E-state index contributed by atoms with van der Waals surface area (Å²) in [4.78, 5) is 27.6. The second-order valence-electron chi connectivity index (χ2n) is 5.11. The van der Waals surface area contributed by atoms with Crippen molar-refractivity contribution in [2.24, 2.45) is 0 Å². The van der Waals surface area contributed by atoms with Crippen LogP contribution >= 0.6 is 0 Å². The maximum Gasteiger partial charge on any atom is 0.306 e. The van der Waals surface area contributed by atoms with Crippen molar-refractivity contribution in [2.45, 2.75) is 19.8 Å². The topological polar surface area (TPSA) is 107 Å². The van der Waals surface area contributed by atoms with Crippen molar-refractivity contribution >= 4 is 28.8 Å². The first-order chi connectivity index (χ1) is 11.6. The van der Waals surface area contributed by atoms with Crippen LogP contribution in [0.1, 0.15) is 18.1 Å². The Hall–Kier alpha value is -3.16. The first-order valence-corrected chi connectivity index (χ1v) is 7.33. The molecule has 0 atom stereocenters. The molecular weight excluding hydrogens is 314 g/mol. The Bertz CT molecular complexity index is 834. The van der Waals surface area contributed by atoms with Crippen LogP contribution in [0.3, 0.4) is 0 Å². The number of hydrogen-bond acceptors (Lipinski definition) is 7. The number of rotatable bonds is 6. The number of nitrogens with one attached hydrogen (secondary N) is 1. The summed E-state index contributed by atoms with van der Waals surface area (Å²) >= 11 is 0. The molecule has 8 heteroatoms. The Morgan fingerprint density at radius 1 is 1.29 bits per heavy atom. The highest BCUT2D eigenvalue weighted by Gasteiger charge is 2.12. The van der Waals surface area contributed by atoms with Gasteiger partial charge in [0.25, 0.3) is 5.91 Å². The fraction of sp³-hybridized carbons (Fsp3) is 0.250. The number of aromatic nitrogens is 2. The summed E-state index contributed by atoms with van der Waals surface area (Å²) in [5, 5.41) is 6.07. The number of esters is 1. The third kappa shape index (κ3) is 3.97. The minimum Gasteiger partial charge on any atom is -0.456 e. The van der Waals surface area contributed by atoms with E-state index >= 15 is 0 Å². The number of fused-ring (bicyclic) bond motifs is 1. The number of anilines is 1.